The van der Waals surface area contributed by atoms with Gasteiger partial charge in [-0.15, -0.1) is 11.3 Å². The summed E-state index contributed by atoms with van der Waals surface area (Å²) in [5, 5.41) is 1.72. The zero-order valence-corrected chi connectivity index (χ0v) is 14.0. The van der Waals surface area contributed by atoms with Crippen LogP contribution in [0.1, 0.15) is 12.8 Å². The third-order valence-corrected chi connectivity index (χ3v) is 6.47. The molecule has 0 spiro atoms. The van der Waals surface area contributed by atoms with Gasteiger partial charge in [0.25, 0.3) is 10.0 Å². The monoisotopic (exact) mass is 334 g/mol. The van der Waals surface area contributed by atoms with Gasteiger partial charge in [-0.1, -0.05) is 0 Å². The maximum absolute atomic E-state index is 12.4. The predicted molar refractivity (Wildman–Crippen MR) is 82.5 cm³/mol. The summed E-state index contributed by atoms with van der Waals surface area (Å²) >= 11 is 1.18. The van der Waals surface area contributed by atoms with Gasteiger partial charge in [-0.05, 0) is 30.8 Å². The average molecular weight is 334 g/mol. The van der Waals surface area contributed by atoms with Crippen LogP contribution < -0.4 is 9.46 Å². The van der Waals surface area contributed by atoms with Crippen LogP contribution in [-0.4, -0.2) is 59.8 Å². The summed E-state index contributed by atoms with van der Waals surface area (Å²) < 4.78 is 38.1. The highest BCUT2D eigenvalue weighted by atomic mass is 32.2. The molecule has 0 radical (unpaired) electrons. The van der Waals surface area contributed by atoms with Crippen molar-refractivity contribution in [2.24, 2.45) is 0 Å². The molecule has 21 heavy (non-hydrogen) atoms. The Morgan fingerprint density at radius 2 is 2.29 bits per heavy atom. The van der Waals surface area contributed by atoms with Gasteiger partial charge in [0.05, 0.1) is 13.7 Å². The first-order valence-corrected chi connectivity index (χ1v) is 9.28. The van der Waals surface area contributed by atoms with E-state index in [2.05, 4.69) is 9.62 Å². The van der Waals surface area contributed by atoms with Gasteiger partial charge in [0.2, 0.25) is 0 Å². The number of hydrogen-bond acceptors (Lipinski definition) is 6. The Labute approximate surface area is 130 Å². The number of likely N-dealkylation sites (tertiary alicyclic amines) is 1. The van der Waals surface area contributed by atoms with Gasteiger partial charge in [-0.25, -0.2) is 13.1 Å². The molecule has 1 saturated heterocycles. The number of ether oxygens (including phenoxy) is 2. The molecule has 1 N–H and O–H groups in total. The van der Waals surface area contributed by atoms with Gasteiger partial charge < -0.3 is 9.47 Å². The van der Waals surface area contributed by atoms with E-state index in [9.17, 15) is 8.42 Å². The number of methoxy groups -OCH3 is 2. The van der Waals surface area contributed by atoms with Crippen LogP contribution in [0.15, 0.2) is 15.7 Å². The van der Waals surface area contributed by atoms with Crippen molar-refractivity contribution in [3.05, 3.63) is 11.4 Å². The zero-order valence-electron chi connectivity index (χ0n) is 12.4. The molecule has 0 saturated carbocycles. The summed E-state index contributed by atoms with van der Waals surface area (Å²) in [6.45, 7) is 3.20. The second kappa shape index (κ2) is 7.55. The van der Waals surface area contributed by atoms with Crippen molar-refractivity contribution >= 4 is 21.4 Å². The number of sulfonamides is 1. The van der Waals surface area contributed by atoms with Crippen LogP contribution in [-0.2, 0) is 14.8 Å². The van der Waals surface area contributed by atoms with Crippen molar-refractivity contribution in [2.45, 2.75) is 23.1 Å². The standard InChI is InChI=1S/C13H22N2O4S2/c1-18-8-7-15-6-3-4-11(10-15)14-21(16,17)13-12(19-2)5-9-20-13/h5,9,11,14H,3-4,6-8,10H2,1-2H3. The van der Waals surface area contributed by atoms with Crippen LogP contribution in [0.25, 0.3) is 0 Å². The molecule has 0 amide bonds. The third-order valence-electron chi connectivity index (χ3n) is 3.50. The highest BCUT2D eigenvalue weighted by Crippen LogP contribution is 2.29. The van der Waals surface area contributed by atoms with Gasteiger partial charge in [0.15, 0.2) is 4.21 Å². The van der Waals surface area contributed by atoms with Gasteiger partial charge >= 0.3 is 0 Å². The average Bonchev–Trinajstić information content (AvgIpc) is 2.94. The Morgan fingerprint density at radius 3 is 3.00 bits per heavy atom. The Morgan fingerprint density at radius 1 is 1.48 bits per heavy atom. The Kier molecular flexibility index (Phi) is 6.00. The largest absolute Gasteiger partial charge is 0.494 e. The lowest BCUT2D eigenvalue weighted by Crippen LogP contribution is -2.48. The Balaban J connectivity index is 2.00. The van der Waals surface area contributed by atoms with E-state index in [4.69, 9.17) is 9.47 Å². The molecule has 0 aromatic carbocycles. The number of thiophene rings is 1. The van der Waals surface area contributed by atoms with Crippen LogP contribution >= 0.6 is 11.3 Å². The number of nitrogens with zero attached hydrogens (tertiary/aromatic N) is 1. The SMILES string of the molecule is COCCN1CCCC(NS(=O)(=O)c2sccc2OC)C1. The van der Waals surface area contributed by atoms with E-state index in [1.807, 2.05) is 0 Å². The van der Waals surface area contributed by atoms with Gasteiger partial charge in [-0.3, -0.25) is 4.90 Å². The molecule has 6 nitrogen and oxygen atoms in total. The molecule has 1 aliphatic rings. The molecule has 0 bridgehead atoms. The van der Waals surface area contributed by atoms with Crippen LogP contribution in [0.4, 0.5) is 0 Å². The highest BCUT2D eigenvalue weighted by molar-refractivity contribution is 7.91. The fraction of sp³-hybridized carbons (Fsp3) is 0.692. The summed E-state index contributed by atoms with van der Waals surface area (Å²) in [5.41, 5.74) is 0. The quantitative estimate of drug-likeness (QED) is 0.810. The number of rotatable bonds is 7. The molecule has 8 heteroatoms. The van der Waals surface area contributed by atoms with E-state index in [-0.39, 0.29) is 10.3 Å². The van der Waals surface area contributed by atoms with Gasteiger partial charge in [0.1, 0.15) is 5.75 Å². The zero-order chi connectivity index (χ0) is 15.3. The maximum Gasteiger partial charge on any atom is 0.254 e. The molecule has 1 unspecified atom stereocenters. The van der Waals surface area contributed by atoms with E-state index in [0.717, 1.165) is 32.5 Å². The fourth-order valence-corrected chi connectivity index (χ4v) is 5.03. The van der Waals surface area contributed by atoms with Crippen molar-refractivity contribution in [1.29, 1.82) is 0 Å². The first kappa shape index (κ1) is 16.7. The molecular weight excluding hydrogens is 312 g/mol. The van der Waals surface area contributed by atoms with Crippen molar-refractivity contribution in [1.82, 2.24) is 9.62 Å². The van der Waals surface area contributed by atoms with E-state index >= 15 is 0 Å². The van der Waals surface area contributed by atoms with Crippen molar-refractivity contribution in [3.63, 3.8) is 0 Å². The second-order valence-corrected chi connectivity index (χ2v) is 7.86. The highest BCUT2D eigenvalue weighted by Gasteiger charge is 2.27. The first-order chi connectivity index (χ1) is 10.1. The summed E-state index contributed by atoms with van der Waals surface area (Å²) in [6, 6.07) is 1.61. The third kappa shape index (κ3) is 4.40. The van der Waals surface area contributed by atoms with Crippen LogP contribution in [0, 0.1) is 0 Å². The number of piperidine rings is 1. The van der Waals surface area contributed by atoms with E-state index in [1.54, 1.807) is 18.6 Å². The molecule has 1 atom stereocenters. The molecule has 1 fully saturated rings. The van der Waals surface area contributed by atoms with Crippen LogP contribution in [0.5, 0.6) is 5.75 Å². The maximum atomic E-state index is 12.4. The summed E-state index contributed by atoms with van der Waals surface area (Å²) in [4.78, 5) is 2.23. The second-order valence-electron chi connectivity index (χ2n) is 5.03. The molecule has 0 aliphatic carbocycles. The smallest absolute Gasteiger partial charge is 0.254 e. The molecule has 2 rings (SSSR count). The van der Waals surface area contributed by atoms with Crippen molar-refractivity contribution < 1.29 is 17.9 Å². The van der Waals surface area contributed by atoms with Crippen LogP contribution in [0.2, 0.25) is 0 Å². The minimum atomic E-state index is -3.52. The van der Waals surface area contributed by atoms with Gasteiger partial charge in [-0.2, -0.15) is 0 Å². The molecular formula is C13H22N2O4S2. The van der Waals surface area contributed by atoms with E-state index in [1.165, 1.54) is 18.4 Å². The molecule has 1 aromatic rings. The number of hydrogen-bond donors (Lipinski definition) is 1. The van der Waals surface area contributed by atoms with Gasteiger partial charge in [0, 0.05) is 26.2 Å². The minimum Gasteiger partial charge on any atom is -0.494 e. The normalized spacial score (nSPS) is 20.6. The minimum absolute atomic E-state index is 0.0626. The first-order valence-electron chi connectivity index (χ1n) is 6.92. The Bertz CT molecular complexity index is 544. The summed E-state index contributed by atoms with van der Waals surface area (Å²) in [5.74, 6) is 0.402. The molecule has 1 aliphatic heterocycles. The van der Waals surface area contributed by atoms with Crippen molar-refractivity contribution in [3.8, 4) is 5.75 Å². The number of nitrogens with one attached hydrogen (secondary N) is 1. The molecule has 2 heterocycles. The summed E-state index contributed by atoms with van der Waals surface area (Å²) in [6.07, 6.45) is 1.84. The topological polar surface area (TPSA) is 67.9 Å². The Hall–Kier alpha value is -0.670. The predicted octanol–water partition coefficient (Wildman–Crippen LogP) is 1.15. The fourth-order valence-electron chi connectivity index (χ4n) is 2.48. The lowest BCUT2D eigenvalue weighted by Gasteiger charge is -2.32. The van der Waals surface area contributed by atoms with E-state index in [0.29, 0.717) is 12.4 Å². The van der Waals surface area contributed by atoms with E-state index < -0.39 is 10.0 Å². The summed E-state index contributed by atoms with van der Waals surface area (Å²) in [7, 11) is -0.364. The van der Waals surface area contributed by atoms with Crippen LogP contribution in [0.3, 0.4) is 0 Å². The molecule has 120 valence electrons. The molecule has 1 aromatic heterocycles. The lowest BCUT2D eigenvalue weighted by atomic mass is 10.1. The van der Waals surface area contributed by atoms with Crippen molar-refractivity contribution in [2.75, 3.05) is 40.5 Å². The lowest BCUT2D eigenvalue weighted by molar-refractivity contribution is 0.126.